The Hall–Kier alpha value is -3.13. The van der Waals surface area contributed by atoms with Gasteiger partial charge in [-0.25, -0.2) is 4.98 Å². The van der Waals surface area contributed by atoms with Crippen molar-refractivity contribution in [2.24, 2.45) is 0 Å². The van der Waals surface area contributed by atoms with Crippen LogP contribution in [0.1, 0.15) is 0 Å². The molecule has 7 nitrogen and oxygen atoms in total. The van der Waals surface area contributed by atoms with Crippen LogP contribution in [0.25, 0.3) is 11.3 Å². The normalized spacial score (nSPS) is 10.3. The maximum Gasteiger partial charge on any atom is 0.322 e. The molecular formula is C18H17N5O2S. The maximum atomic E-state index is 10.8. The third-order valence-corrected chi connectivity index (χ3v) is 4.17. The number of carboxylic acid groups (broad SMARTS) is 1. The Kier molecular flexibility index (Phi) is 5.65. The highest BCUT2D eigenvalue weighted by atomic mass is 32.2. The summed E-state index contributed by atoms with van der Waals surface area (Å²) in [5.41, 5.74) is 2.42. The number of carboxylic acids is 1. The molecule has 0 bridgehead atoms. The highest BCUT2D eigenvalue weighted by Gasteiger charge is 2.08. The number of benzene rings is 1. The number of carbonyl (C=O) groups is 1. The number of nitrogens with one attached hydrogen (secondary N) is 2. The Morgan fingerprint density at radius 2 is 1.96 bits per heavy atom. The van der Waals surface area contributed by atoms with E-state index in [1.165, 1.54) is 0 Å². The van der Waals surface area contributed by atoms with Crippen molar-refractivity contribution in [3.8, 4) is 11.3 Å². The summed E-state index contributed by atoms with van der Waals surface area (Å²) in [5, 5.41) is 14.8. The van der Waals surface area contributed by atoms with E-state index in [1.54, 1.807) is 24.2 Å². The first-order valence-electron chi connectivity index (χ1n) is 7.80. The summed E-state index contributed by atoms with van der Waals surface area (Å²) in [4.78, 5) is 24.7. The minimum atomic E-state index is -0.981. The summed E-state index contributed by atoms with van der Waals surface area (Å²) in [6.45, 7) is -0.263. The lowest BCUT2D eigenvalue weighted by atomic mass is 10.2. The maximum absolute atomic E-state index is 10.8. The molecule has 132 valence electrons. The molecule has 0 aliphatic carbocycles. The zero-order valence-corrected chi connectivity index (χ0v) is 14.8. The van der Waals surface area contributed by atoms with Crippen LogP contribution in [0.15, 0.2) is 59.8 Å². The molecule has 3 N–H and O–H groups in total. The smallest absolute Gasteiger partial charge is 0.322 e. The fourth-order valence-corrected chi connectivity index (χ4v) is 2.72. The van der Waals surface area contributed by atoms with E-state index in [4.69, 9.17) is 5.11 Å². The molecule has 0 fully saturated rings. The Labute approximate surface area is 154 Å². The van der Waals surface area contributed by atoms with E-state index in [-0.39, 0.29) is 12.5 Å². The summed E-state index contributed by atoms with van der Waals surface area (Å²) in [5.74, 6) is -0.173. The van der Waals surface area contributed by atoms with Gasteiger partial charge in [-0.05, 0) is 36.6 Å². The van der Waals surface area contributed by atoms with Crippen molar-refractivity contribution in [3.63, 3.8) is 0 Å². The van der Waals surface area contributed by atoms with Crippen LogP contribution in [0.2, 0.25) is 0 Å². The van der Waals surface area contributed by atoms with E-state index in [2.05, 4.69) is 25.6 Å². The molecule has 0 spiro atoms. The van der Waals surface area contributed by atoms with Gasteiger partial charge in [0.1, 0.15) is 12.4 Å². The highest BCUT2D eigenvalue weighted by Crippen LogP contribution is 2.25. The lowest BCUT2D eigenvalue weighted by Gasteiger charge is -2.11. The summed E-state index contributed by atoms with van der Waals surface area (Å²) < 4.78 is 0. The molecule has 0 aliphatic heterocycles. The van der Waals surface area contributed by atoms with Crippen LogP contribution >= 0.6 is 11.8 Å². The predicted octanol–water partition coefficient (Wildman–Crippen LogP) is 3.50. The van der Waals surface area contributed by atoms with Crippen LogP contribution in [0.3, 0.4) is 0 Å². The van der Waals surface area contributed by atoms with Crippen molar-refractivity contribution in [3.05, 3.63) is 54.9 Å². The third-order valence-electron chi connectivity index (χ3n) is 3.44. The standard InChI is InChI=1S/C18H17N5O2S/c1-26-14-4-2-3-13(9-14)21-16-10-15(12-5-7-19-8-6-12)22-18(23-16)20-11-17(24)25/h2-10H,11H2,1H3,(H,24,25)(H2,20,21,22,23). The van der Waals surface area contributed by atoms with Gasteiger partial charge >= 0.3 is 5.97 Å². The topological polar surface area (TPSA) is 100 Å². The van der Waals surface area contributed by atoms with Crippen molar-refractivity contribution in [1.29, 1.82) is 0 Å². The number of aromatic nitrogens is 3. The van der Waals surface area contributed by atoms with Crippen molar-refractivity contribution >= 4 is 35.2 Å². The fraction of sp³-hybridized carbons (Fsp3) is 0.111. The number of anilines is 3. The molecule has 0 saturated carbocycles. The first-order valence-corrected chi connectivity index (χ1v) is 9.03. The molecule has 0 amide bonds. The SMILES string of the molecule is CSc1cccc(Nc2cc(-c3ccncc3)nc(NCC(=O)O)n2)c1. The first-order chi connectivity index (χ1) is 12.6. The van der Waals surface area contributed by atoms with E-state index in [0.717, 1.165) is 16.1 Å². The minimum Gasteiger partial charge on any atom is -0.480 e. The quantitative estimate of drug-likeness (QED) is 0.546. The molecule has 8 heteroatoms. The summed E-state index contributed by atoms with van der Waals surface area (Å²) in [6, 6.07) is 13.4. The third kappa shape index (κ3) is 4.70. The van der Waals surface area contributed by atoms with Gasteiger partial charge in [0.25, 0.3) is 0 Å². The fourth-order valence-electron chi connectivity index (χ4n) is 2.26. The minimum absolute atomic E-state index is 0.241. The molecule has 1 aromatic carbocycles. The van der Waals surface area contributed by atoms with E-state index in [0.29, 0.717) is 11.5 Å². The molecule has 0 unspecified atom stereocenters. The van der Waals surface area contributed by atoms with E-state index >= 15 is 0 Å². The summed E-state index contributed by atoms with van der Waals surface area (Å²) in [7, 11) is 0. The highest BCUT2D eigenvalue weighted by molar-refractivity contribution is 7.98. The number of aliphatic carboxylic acids is 1. The largest absolute Gasteiger partial charge is 0.480 e. The second kappa shape index (κ2) is 8.30. The van der Waals surface area contributed by atoms with Gasteiger partial charge in [-0.2, -0.15) is 4.98 Å². The predicted molar refractivity (Wildman–Crippen MR) is 103 cm³/mol. The van der Waals surface area contributed by atoms with Gasteiger partial charge in [-0.1, -0.05) is 6.07 Å². The van der Waals surface area contributed by atoms with Gasteiger partial charge < -0.3 is 15.7 Å². The number of pyridine rings is 1. The van der Waals surface area contributed by atoms with Crippen LogP contribution in [-0.2, 0) is 4.79 Å². The van der Waals surface area contributed by atoms with Crippen molar-refractivity contribution in [1.82, 2.24) is 15.0 Å². The van der Waals surface area contributed by atoms with Gasteiger partial charge in [-0.3, -0.25) is 9.78 Å². The molecule has 3 aromatic rings. The summed E-state index contributed by atoms with van der Waals surface area (Å²) >= 11 is 1.65. The molecule has 0 atom stereocenters. The van der Waals surface area contributed by atoms with Crippen molar-refractivity contribution in [2.45, 2.75) is 4.90 Å². The molecule has 26 heavy (non-hydrogen) atoms. The van der Waals surface area contributed by atoms with Gasteiger partial charge in [0, 0.05) is 34.6 Å². The monoisotopic (exact) mass is 367 g/mol. The van der Waals surface area contributed by atoms with Gasteiger partial charge in [0.2, 0.25) is 5.95 Å². The van der Waals surface area contributed by atoms with Gasteiger partial charge in [-0.15, -0.1) is 11.8 Å². The van der Waals surface area contributed by atoms with E-state index in [9.17, 15) is 4.79 Å². The van der Waals surface area contributed by atoms with Crippen molar-refractivity contribution < 1.29 is 9.90 Å². The molecule has 2 heterocycles. The summed E-state index contributed by atoms with van der Waals surface area (Å²) in [6.07, 6.45) is 5.37. The zero-order chi connectivity index (χ0) is 18.4. The Bertz CT molecular complexity index is 905. The lowest BCUT2D eigenvalue weighted by Crippen LogP contribution is -2.15. The molecule has 0 aliphatic rings. The first kappa shape index (κ1) is 17.7. The molecule has 2 aromatic heterocycles. The van der Waals surface area contributed by atoms with Crippen LogP contribution in [0.5, 0.6) is 0 Å². The van der Waals surface area contributed by atoms with E-state index in [1.807, 2.05) is 48.7 Å². The van der Waals surface area contributed by atoms with Crippen LogP contribution in [0, 0.1) is 0 Å². The van der Waals surface area contributed by atoms with Crippen molar-refractivity contribution in [2.75, 3.05) is 23.4 Å². The number of rotatable bonds is 7. The number of hydrogen-bond acceptors (Lipinski definition) is 7. The number of thioether (sulfide) groups is 1. The molecule has 0 radical (unpaired) electrons. The zero-order valence-electron chi connectivity index (χ0n) is 14.0. The van der Waals surface area contributed by atoms with Gasteiger partial charge in [0.05, 0.1) is 5.69 Å². The average Bonchev–Trinajstić information content (AvgIpc) is 2.67. The Morgan fingerprint density at radius 1 is 1.15 bits per heavy atom. The number of nitrogens with zero attached hydrogens (tertiary/aromatic N) is 3. The Balaban J connectivity index is 1.94. The second-order valence-electron chi connectivity index (χ2n) is 5.30. The van der Waals surface area contributed by atoms with Gasteiger partial charge in [0.15, 0.2) is 0 Å². The molecule has 3 rings (SSSR count). The lowest BCUT2D eigenvalue weighted by molar-refractivity contribution is -0.134. The van der Waals surface area contributed by atoms with Crippen LogP contribution in [0.4, 0.5) is 17.5 Å². The average molecular weight is 367 g/mol. The van der Waals surface area contributed by atoms with E-state index < -0.39 is 5.97 Å². The van der Waals surface area contributed by atoms with Crippen LogP contribution in [-0.4, -0.2) is 38.8 Å². The number of hydrogen-bond donors (Lipinski definition) is 3. The molecule has 0 saturated heterocycles. The molecular weight excluding hydrogens is 350 g/mol. The van der Waals surface area contributed by atoms with Crippen LogP contribution < -0.4 is 10.6 Å². The Morgan fingerprint density at radius 3 is 2.69 bits per heavy atom. The second-order valence-corrected chi connectivity index (χ2v) is 6.18.